The van der Waals surface area contributed by atoms with Crippen molar-refractivity contribution in [3.05, 3.63) is 34.6 Å². The molecule has 3 aromatic heterocycles. The lowest BCUT2D eigenvalue weighted by molar-refractivity contribution is -0.0531. The van der Waals surface area contributed by atoms with Gasteiger partial charge in [-0.2, -0.15) is 14.0 Å². The lowest BCUT2D eigenvalue weighted by Gasteiger charge is -2.10. The van der Waals surface area contributed by atoms with E-state index in [0.717, 1.165) is 0 Å². The molecule has 0 saturated carbocycles. The summed E-state index contributed by atoms with van der Waals surface area (Å²) in [5.41, 5.74) is 2.58. The van der Waals surface area contributed by atoms with E-state index in [-0.39, 0.29) is 17.6 Å². The number of aliphatic imine (C=N–C) groups is 1. The Morgan fingerprint density at radius 3 is 2.84 bits per heavy atom. The molecule has 0 aliphatic rings. The molecule has 126 valence electrons. The highest BCUT2D eigenvalue weighted by atomic mass is 19.3. The Labute approximate surface area is 139 Å². The van der Waals surface area contributed by atoms with Crippen molar-refractivity contribution in [2.24, 2.45) is 4.99 Å². The first-order chi connectivity index (χ1) is 12.0. The fourth-order valence-corrected chi connectivity index (χ4v) is 2.35. The first-order valence-corrected chi connectivity index (χ1v) is 6.96. The Hall–Kier alpha value is -3.48. The zero-order valence-electron chi connectivity index (χ0n) is 12.9. The number of rotatable bonds is 5. The molecule has 10 heteroatoms. The van der Waals surface area contributed by atoms with Crippen LogP contribution in [-0.4, -0.2) is 33.6 Å². The third kappa shape index (κ3) is 3.12. The van der Waals surface area contributed by atoms with Gasteiger partial charge >= 0.3 is 6.61 Å². The molecule has 3 aromatic rings. The number of nitrogens with zero attached hydrogens (tertiary/aromatic N) is 6. The van der Waals surface area contributed by atoms with Gasteiger partial charge in [-0.3, -0.25) is 4.99 Å². The summed E-state index contributed by atoms with van der Waals surface area (Å²) in [6, 6.07) is 4.65. The van der Waals surface area contributed by atoms with Crippen LogP contribution in [0.5, 0.6) is 5.88 Å². The molecular weight excluding hydrogens is 334 g/mol. The molecule has 0 bridgehead atoms. The molecule has 0 atom stereocenters. The van der Waals surface area contributed by atoms with Crippen molar-refractivity contribution in [3.8, 4) is 11.9 Å². The maximum absolute atomic E-state index is 12.5. The molecule has 0 N–H and O–H groups in total. The van der Waals surface area contributed by atoms with Crippen LogP contribution in [0.3, 0.4) is 0 Å². The zero-order chi connectivity index (χ0) is 18.0. The monoisotopic (exact) mass is 344 g/mol. The largest absolute Gasteiger partial charge is 0.415 e. The van der Waals surface area contributed by atoms with Crippen molar-refractivity contribution in [1.82, 2.24) is 20.3 Å². The number of halogens is 2. The molecule has 0 fully saturated rings. The number of pyridine rings is 2. The van der Waals surface area contributed by atoms with Crippen molar-refractivity contribution in [2.75, 3.05) is 0 Å². The summed E-state index contributed by atoms with van der Waals surface area (Å²) in [6.45, 7) is 2.17. The van der Waals surface area contributed by atoms with E-state index in [4.69, 9.17) is 5.26 Å². The molecule has 0 saturated heterocycles. The van der Waals surface area contributed by atoms with Gasteiger partial charge in [-0.15, -0.1) is 0 Å². The lowest BCUT2D eigenvalue weighted by atomic mass is 10.0. The SMILES string of the molecule is C=Nc1c(Cc2ccc(C#N)c(OC(F)F)n2)c(C)nc2nonc12. The molecule has 25 heavy (non-hydrogen) atoms. The van der Waals surface area contributed by atoms with Crippen LogP contribution < -0.4 is 4.74 Å². The molecule has 0 unspecified atom stereocenters. The normalized spacial score (nSPS) is 10.8. The van der Waals surface area contributed by atoms with E-state index in [0.29, 0.717) is 28.2 Å². The number of ether oxygens (including phenoxy) is 1. The Balaban J connectivity index is 2.05. The molecule has 0 aliphatic heterocycles. The average Bonchev–Trinajstić information content (AvgIpc) is 3.03. The molecule has 0 amide bonds. The van der Waals surface area contributed by atoms with Crippen LogP contribution in [0.1, 0.15) is 22.5 Å². The number of alkyl halides is 2. The molecular formula is C15H10F2N6O2. The minimum atomic E-state index is -3.08. The minimum absolute atomic E-state index is 0.0860. The Bertz CT molecular complexity index is 996. The van der Waals surface area contributed by atoms with Gasteiger partial charge < -0.3 is 4.74 Å². The van der Waals surface area contributed by atoms with Gasteiger partial charge in [-0.05, 0) is 36.1 Å². The topological polar surface area (TPSA) is 110 Å². The van der Waals surface area contributed by atoms with Crippen LogP contribution in [0.4, 0.5) is 14.5 Å². The predicted octanol–water partition coefficient (Wildman–Crippen LogP) is 2.72. The second-order valence-electron chi connectivity index (χ2n) is 4.94. The summed E-state index contributed by atoms with van der Waals surface area (Å²) in [7, 11) is 0. The fourth-order valence-electron chi connectivity index (χ4n) is 2.35. The number of fused-ring (bicyclic) bond motifs is 1. The van der Waals surface area contributed by atoms with Crippen molar-refractivity contribution < 1.29 is 18.1 Å². The second-order valence-corrected chi connectivity index (χ2v) is 4.94. The molecule has 0 aromatic carbocycles. The average molecular weight is 344 g/mol. The second kappa shape index (κ2) is 6.56. The van der Waals surface area contributed by atoms with E-state index < -0.39 is 12.5 Å². The van der Waals surface area contributed by atoms with Crippen LogP contribution >= 0.6 is 0 Å². The Morgan fingerprint density at radius 2 is 2.16 bits per heavy atom. The molecule has 0 spiro atoms. The minimum Gasteiger partial charge on any atom is -0.415 e. The van der Waals surface area contributed by atoms with Gasteiger partial charge in [-0.1, -0.05) is 0 Å². The summed E-state index contributed by atoms with van der Waals surface area (Å²) in [6.07, 6.45) is 0.196. The summed E-state index contributed by atoms with van der Waals surface area (Å²) in [5, 5.41) is 16.4. The maximum Gasteiger partial charge on any atom is 0.388 e. The summed E-state index contributed by atoms with van der Waals surface area (Å²) < 4.78 is 33.9. The van der Waals surface area contributed by atoms with Gasteiger partial charge in [0.15, 0.2) is 5.52 Å². The highest BCUT2D eigenvalue weighted by molar-refractivity contribution is 5.86. The molecule has 8 nitrogen and oxygen atoms in total. The highest BCUT2D eigenvalue weighted by Crippen LogP contribution is 2.31. The van der Waals surface area contributed by atoms with Crippen molar-refractivity contribution in [2.45, 2.75) is 20.0 Å². The van der Waals surface area contributed by atoms with Crippen molar-refractivity contribution in [3.63, 3.8) is 0 Å². The van der Waals surface area contributed by atoms with Crippen LogP contribution in [0.15, 0.2) is 21.8 Å². The number of nitriles is 1. The third-order valence-corrected chi connectivity index (χ3v) is 3.45. The van der Waals surface area contributed by atoms with E-state index in [1.165, 1.54) is 12.1 Å². The summed E-state index contributed by atoms with van der Waals surface area (Å²) in [5.74, 6) is -0.432. The molecule has 0 aliphatic carbocycles. The Morgan fingerprint density at radius 1 is 1.36 bits per heavy atom. The number of aromatic nitrogens is 4. The van der Waals surface area contributed by atoms with E-state index in [2.05, 4.69) is 41.4 Å². The first kappa shape index (κ1) is 16.4. The van der Waals surface area contributed by atoms with Crippen molar-refractivity contribution in [1.29, 1.82) is 5.26 Å². The third-order valence-electron chi connectivity index (χ3n) is 3.45. The Kier molecular flexibility index (Phi) is 4.30. The molecule has 3 rings (SSSR count). The maximum atomic E-state index is 12.5. The standard InChI is InChI=1S/C15H10F2N6O2/c1-7-10(11(19-2)12-13(20-7)23-25-22-12)5-9-4-3-8(6-18)14(21-9)24-15(16)17/h3-4,15H,2,5H2,1H3. The van der Waals surface area contributed by atoms with E-state index >= 15 is 0 Å². The van der Waals surface area contributed by atoms with Crippen LogP contribution in [0.2, 0.25) is 0 Å². The smallest absolute Gasteiger partial charge is 0.388 e. The van der Waals surface area contributed by atoms with Gasteiger partial charge in [0.25, 0.3) is 0 Å². The number of hydrogen-bond acceptors (Lipinski definition) is 8. The van der Waals surface area contributed by atoms with Crippen LogP contribution in [0, 0.1) is 18.3 Å². The highest BCUT2D eigenvalue weighted by Gasteiger charge is 2.18. The van der Waals surface area contributed by atoms with Gasteiger partial charge in [0.1, 0.15) is 17.3 Å². The van der Waals surface area contributed by atoms with E-state index in [1.807, 2.05) is 0 Å². The van der Waals surface area contributed by atoms with Crippen LogP contribution in [-0.2, 0) is 6.42 Å². The van der Waals surface area contributed by atoms with Gasteiger partial charge in [0, 0.05) is 23.4 Å². The summed E-state index contributed by atoms with van der Waals surface area (Å²) >= 11 is 0. The summed E-state index contributed by atoms with van der Waals surface area (Å²) in [4.78, 5) is 12.2. The van der Waals surface area contributed by atoms with Gasteiger partial charge in [-0.25, -0.2) is 14.6 Å². The quantitative estimate of drug-likeness (QED) is 0.654. The lowest BCUT2D eigenvalue weighted by Crippen LogP contribution is -2.07. The molecule has 3 heterocycles. The molecule has 0 radical (unpaired) electrons. The van der Waals surface area contributed by atoms with E-state index in [1.54, 1.807) is 13.0 Å². The predicted molar refractivity (Wildman–Crippen MR) is 81.9 cm³/mol. The number of aryl methyl sites for hydroxylation is 1. The number of hydrogen-bond donors (Lipinski definition) is 0. The van der Waals surface area contributed by atoms with Gasteiger partial charge in [0.05, 0.1) is 0 Å². The van der Waals surface area contributed by atoms with E-state index in [9.17, 15) is 8.78 Å². The van der Waals surface area contributed by atoms with Crippen LogP contribution in [0.25, 0.3) is 11.2 Å². The first-order valence-electron chi connectivity index (χ1n) is 6.96. The van der Waals surface area contributed by atoms with Crippen molar-refractivity contribution >= 4 is 23.6 Å². The zero-order valence-corrected chi connectivity index (χ0v) is 12.9. The fraction of sp³-hybridized carbons (Fsp3) is 0.200. The van der Waals surface area contributed by atoms with Gasteiger partial charge in [0.2, 0.25) is 11.5 Å².